The fourth-order valence-electron chi connectivity index (χ4n) is 2.94. The summed E-state index contributed by atoms with van der Waals surface area (Å²) in [5, 5.41) is 19.4. The molecule has 1 aliphatic rings. The Balaban J connectivity index is 1.87. The number of hydrogen-bond donors (Lipinski definition) is 2. The predicted molar refractivity (Wildman–Crippen MR) is 90.0 cm³/mol. The van der Waals surface area contributed by atoms with Gasteiger partial charge in [-0.2, -0.15) is 0 Å². The van der Waals surface area contributed by atoms with Crippen molar-refractivity contribution in [3.8, 4) is 11.5 Å². The molecule has 0 radical (unpaired) electrons. The van der Waals surface area contributed by atoms with Crippen molar-refractivity contribution in [2.24, 2.45) is 0 Å². The van der Waals surface area contributed by atoms with Gasteiger partial charge in [-0.3, -0.25) is 0 Å². The zero-order valence-corrected chi connectivity index (χ0v) is 13.6. The van der Waals surface area contributed by atoms with Crippen molar-refractivity contribution in [3.63, 3.8) is 0 Å². The molecule has 2 N–H and O–H groups in total. The molecule has 5 heteroatoms. The van der Waals surface area contributed by atoms with Gasteiger partial charge in [-0.15, -0.1) is 0 Å². The highest BCUT2D eigenvalue weighted by atomic mass is 16.7. The van der Waals surface area contributed by atoms with Crippen LogP contribution in [0.25, 0.3) is 0 Å². The van der Waals surface area contributed by atoms with Crippen molar-refractivity contribution in [3.05, 3.63) is 54.1 Å². The molecule has 3 rings (SSSR count). The van der Waals surface area contributed by atoms with Crippen LogP contribution in [-0.4, -0.2) is 28.5 Å². The number of aromatic hydroxyl groups is 2. The van der Waals surface area contributed by atoms with E-state index < -0.39 is 18.3 Å². The molecule has 0 amide bonds. The van der Waals surface area contributed by atoms with Gasteiger partial charge in [0.25, 0.3) is 0 Å². The van der Waals surface area contributed by atoms with Crippen molar-refractivity contribution < 1.29 is 19.5 Å². The van der Waals surface area contributed by atoms with Gasteiger partial charge in [0.15, 0.2) is 0 Å². The highest BCUT2D eigenvalue weighted by molar-refractivity contribution is 6.62. The lowest BCUT2D eigenvalue weighted by molar-refractivity contribution is -0.00882. The van der Waals surface area contributed by atoms with Crippen LogP contribution >= 0.6 is 0 Å². The van der Waals surface area contributed by atoms with Gasteiger partial charge in [0.2, 0.25) is 0 Å². The van der Waals surface area contributed by atoms with Crippen molar-refractivity contribution in [1.29, 1.82) is 0 Å². The third-order valence-corrected chi connectivity index (χ3v) is 4.62. The Morgan fingerprint density at radius 2 is 1.52 bits per heavy atom. The Labute approximate surface area is 136 Å². The fourth-order valence-corrected chi connectivity index (χ4v) is 2.94. The Morgan fingerprint density at radius 1 is 0.913 bits per heavy atom. The minimum atomic E-state index is -0.590. The van der Waals surface area contributed by atoms with E-state index in [4.69, 9.17) is 9.31 Å². The van der Waals surface area contributed by atoms with Crippen LogP contribution in [0.15, 0.2) is 48.5 Å². The largest absolute Gasteiger partial charge is 0.508 e. The Kier molecular flexibility index (Phi) is 3.86. The molecule has 0 aromatic heterocycles. The quantitative estimate of drug-likeness (QED) is 0.856. The van der Waals surface area contributed by atoms with Crippen molar-refractivity contribution in [1.82, 2.24) is 0 Å². The second-order valence-corrected chi connectivity index (χ2v) is 6.75. The number of hydrogen-bond acceptors (Lipinski definition) is 4. The van der Waals surface area contributed by atoms with Crippen molar-refractivity contribution in [2.75, 3.05) is 0 Å². The second kappa shape index (κ2) is 5.58. The lowest BCUT2D eigenvalue weighted by Crippen LogP contribution is -2.46. The summed E-state index contributed by atoms with van der Waals surface area (Å²) in [5.41, 5.74) is 0.668. The molecule has 1 heterocycles. The molecule has 120 valence electrons. The van der Waals surface area contributed by atoms with Crippen molar-refractivity contribution >= 4 is 12.6 Å². The summed E-state index contributed by atoms with van der Waals surface area (Å²) in [6, 6.07) is 14.4. The van der Waals surface area contributed by atoms with Gasteiger partial charge in [-0.1, -0.05) is 30.3 Å². The maximum Gasteiger partial charge on any atom is 0.494 e. The normalized spacial score (nSPS) is 23.2. The van der Waals surface area contributed by atoms with Crippen molar-refractivity contribution in [2.45, 2.75) is 38.4 Å². The summed E-state index contributed by atoms with van der Waals surface area (Å²) >= 11 is 0. The van der Waals surface area contributed by atoms with E-state index in [1.54, 1.807) is 12.1 Å². The Morgan fingerprint density at radius 3 is 2.13 bits per heavy atom. The molecule has 1 saturated heterocycles. The molecule has 23 heavy (non-hydrogen) atoms. The molecule has 4 nitrogen and oxygen atoms in total. The Bertz CT molecular complexity index is 681. The summed E-state index contributed by atoms with van der Waals surface area (Å²) in [7, 11) is -0.429. The lowest BCUT2D eigenvalue weighted by atomic mass is 9.79. The zero-order valence-electron chi connectivity index (χ0n) is 13.6. The maximum absolute atomic E-state index is 9.68. The maximum atomic E-state index is 9.68. The molecule has 1 unspecified atom stereocenters. The summed E-state index contributed by atoms with van der Waals surface area (Å²) in [6.45, 7) is 5.99. The van der Waals surface area contributed by atoms with Gasteiger partial charge in [0.05, 0.1) is 11.2 Å². The predicted octanol–water partition coefficient (Wildman–Crippen LogP) is 2.62. The van der Waals surface area contributed by atoms with Crippen LogP contribution < -0.4 is 5.46 Å². The SMILES string of the molecule is CC1(C)OB(c2ccccc2)OC1(C)Cc1cc(O)cc(O)c1. The summed E-state index contributed by atoms with van der Waals surface area (Å²) in [5.74, 6) is 0.0832. The first-order valence-corrected chi connectivity index (χ1v) is 7.72. The Hall–Kier alpha value is -1.98. The molecule has 0 aliphatic carbocycles. The molecule has 0 bridgehead atoms. The molecule has 0 saturated carbocycles. The zero-order chi connectivity index (χ0) is 16.7. The number of rotatable bonds is 3. The van der Waals surface area contributed by atoms with E-state index in [1.807, 2.05) is 51.1 Å². The van der Waals surface area contributed by atoms with E-state index in [1.165, 1.54) is 6.07 Å². The van der Waals surface area contributed by atoms with E-state index in [-0.39, 0.29) is 11.5 Å². The first-order valence-electron chi connectivity index (χ1n) is 7.72. The van der Waals surface area contributed by atoms with E-state index in [0.717, 1.165) is 11.0 Å². The van der Waals surface area contributed by atoms with E-state index in [0.29, 0.717) is 6.42 Å². The van der Waals surface area contributed by atoms with Gasteiger partial charge in [-0.25, -0.2) is 0 Å². The first-order chi connectivity index (χ1) is 10.8. The van der Waals surface area contributed by atoms with Gasteiger partial charge in [0.1, 0.15) is 11.5 Å². The van der Waals surface area contributed by atoms with Crippen LogP contribution in [0, 0.1) is 0 Å². The van der Waals surface area contributed by atoms with Crippen LogP contribution in [0.1, 0.15) is 26.3 Å². The first kappa shape index (κ1) is 15.9. The lowest BCUT2D eigenvalue weighted by Gasteiger charge is -2.36. The standard InChI is InChI=1S/C18H21BO4/c1-17(2)18(3,12-13-9-15(20)11-16(21)10-13)23-19(22-17)14-7-5-4-6-8-14/h4-11,20-21H,12H2,1-3H3. The number of benzene rings is 2. The minimum Gasteiger partial charge on any atom is -0.508 e. The molecule has 1 fully saturated rings. The third kappa shape index (κ3) is 3.07. The molecule has 0 spiro atoms. The highest BCUT2D eigenvalue weighted by Gasteiger charge is 2.54. The molecule has 2 aromatic rings. The summed E-state index contributed by atoms with van der Waals surface area (Å²) in [6.07, 6.45) is 0.519. The van der Waals surface area contributed by atoms with Crippen LogP contribution in [0.3, 0.4) is 0 Å². The molecule has 1 atom stereocenters. The van der Waals surface area contributed by atoms with Gasteiger partial charge in [-0.05, 0) is 43.9 Å². The van der Waals surface area contributed by atoms with E-state index in [9.17, 15) is 10.2 Å². The third-order valence-electron chi connectivity index (χ3n) is 4.62. The van der Waals surface area contributed by atoms with Crippen LogP contribution in [-0.2, 0) is 15.7 Å². The average Bonchev–Trinajstić information content (AvgIpc) is 2.69. The second-order valence-electron chi connectivity index (χ2n) is 6.75. The van der Waals surface area contributed by atoms with E-state index in [2.05, 4.69) is 0 Å². The minimum absolute atomic E-state index is 0.0416. The highest BCUT2D eigenvalue weighted by Crippen LogP contribution is 2.40. The summed E-state index contributed by atoms with van der Waals surface area (Å²) in [4.78, 5) is 0. The molecule has 1 aliphatic heterocycles. The monoisotopic (exact) mass is 312 g/mol. The van der Waals surface area contributed by atoms with Crippen LogP contribution in [0.5, 0.6) is 11.5 Å². The van der Waals surface area contributed by atoms with Gasteiger partial charge in [0, 0.05) is 12.5 Å². The summed E-state index contributed by atoms with van der Waals surface area (Å²) < 4.78 is 12.4. The molecule has 2 aromatic carbocycles. The van der Waals surface area contributed by atoms with Gasteiger partial charge < -0.3 is 19.5 Å². The fraction of sp³-hybridized carbons (Fsp3) is 0.333. The van der Waals surface area contributed by atoms with Crippen LogP contribution in [0.2, 0.25) is 0 Å². The van der Waals surface area contributed by atoms with Gasteiger partial charge >= 0.3 is 7.12 Å². The van der Waals surface area contributed by atoms with E-state index >= 15 is 0 Å². The number of phenolic OH excluding ortho intramolecular Hbond substituents is 2. The topological polar surface area (TPSA) is 58.9 Å². The average molecular weight is 312 g/mol. The number of phenols is 2. The van der Waals surface area contributed by atoms with Crippen LogP contribution in [0.4, 0.5) is 0 Å². The smallest absolute Gasteiger partial charge is 0.494 e. The molecular formula is C18H21BO4. The molecular weight excluding hydrogens is 291 g/mol.